The van der Waals surface area contributed by atoms with Crippen LogP contribution in [0.25, 0.3) is 0 Å². The van der Waals surface area contributed by atoms with Gasteiger partial charge in [0.05, 0.1) is 5.69 Å². The van der Waals surface area contributed by atoms with Gasteiger partial charge in [-0.05, 0) is 30.7 Å². The molecular formula is C13H15N3O. The lowest BCUT2D eigenvalue weighted by molar-refractivity contribution is 0.485. The summed E-state index contributed by atoms with van der Waals surface area (Å²) >= 11 is 0. The van der Waals surface area contributed by atoms with E-state index in [4.69, 9.17) is 21.9 Å². The van der Waals surface area contributed by atoms with E-state index >= 15 is 0 Å². The third-order valence-corrected chi connectivity index (χ3v) is 2.48. The fourth-order valence-electron chi connectivity index (χ4n) is 1.52. The normalized spacial score (nSPS) is 10.2. The third kappa shape index (κ3) is 2.42. The van der Waals surface area contributed by atoms with E-state index < -0.39 is 0 Å². The first-order valence-corrected chi connectivity index (χ1v) is 5.25. The van der Waals surface area contributed by atoms with Crippen molar-refractivity contribution in [3.63, 3.8) is 0 Å². The molecule has 4 nitrogen and oxygen atoms in total. The lowest BCUT2D eigenvalue weighted by Gasteiger charge is -2.11. The van der Waals surface area contributed by atoms with Gasteiger partial charge in [-0.15, -0.1) is 0 Å². The van der Waals surface area contributed by atoms with Crippen molar-refractivity contribution in [1.29, 1.82) is 0 Å². The summed E-state index contributed by atoms with van der Waals surface area (Å²) in [5.74, 6) is 1.18. The van der Waals surface area contributed by atoms with Gasteiger partial charge in [0, 0.05) is 23.5 Å². The van der Waals surface area contributed by atoms with Gasteiger partial charge in [-0.2, -0.15) is 0 Å². The molecule has 0 heterocycles. The van der Waals surface area contributed by atoms with Crippen LogP contribution in [0.1, 0.15) is 5.56 Å². The van der Waals surface area contributed by atoms with Gasteiger partial charge in [-0.3, -0.25) is 0 Å². The molecule has 0 bridgehead atoms. The molecule has 4 heteroatoms. The number of nitrogens with two attached hydrogens (primary N) is 3. The molecule has 2 aromatic rings. The van der Waals surface area contributed by atoms with Crippen LogP contribution in [-0.2, 0) is 0 Å². The van der Waals surface area contributed by atoms with Gasteiger partial charge in [-0.1, -0.05) is 6.07 Å². The van der Waals surface area contributed by atoms with E-state index in [1.165, 1.54) is 0 Å². The molecule has 17 heavy (non-hydrogen) atoms. The lowest BCUT2D eigenvalue weighted by Crippen LogP contribution is -1.97. The maximum atomic E-state index is 5.86. The van der Waals surface area contributed by atoms with Crippen LogP contribution in [-0.4, -0.2) is 0 Å². The summed E-state index contributed by atoms with van der Waals surface area (Å²) in [5.41, 5.74) is 20.1. The van der Waals surface area contributed by atoms with Gasteiger partial charge < -0.3 is 21.9 Å². The van der Waals surface area contributed by atoms with E-state index in [-0.39, 0.29) is 0 Å². The van der Waals surface area contributed by atoms with Gasteiger partial charge in [0.1, 0.15) is 5.75 Å². The SMILES string of the molecule is Cc1cc(N)c(Oc2cccc(N)c2)cc1N. The first kappa shape index (κ1) is 11.1. The van der Waals surface area contributed by atoms with Crippen LogP contribution < -0.4 is 21.9 Å². The number of nitrogen functional groups attached to an aromatic ring is 3. The number of hydrogen-bond acceptors (Lipinski definition) is 4. The van der Waals surface area contributed by atoms with Crippen LogP contribution in [0, 0.1) is 6.92 Å². The van der Waals surface area contributed by atoms with Crippen LogP contribution in [0.5, 0.6) is 11.5 Å². The van der Waals surface area contributed by atoms with Crippen molar-refractivity contribution < 1.29 is 4.74 Å². The van der Waals surface area contributed by atoms with Crippen molar-refractivity contribution in [1.82, 2.24) is 0 Å². The molecule has 0 spiro atoms. The molecule has 2 rings (SSSR count). The number of rotatable bonds is 2. The van der Waals surface area contributed by atoms with Crippen molar-refractivity contribution in [2.45, 2.75) is 6.92 Å². The third-order valence-electron chi connectivity index (χ3n) is 2.48. The number of aryl methyl sites for hydroxylation is 1. The van der Waals surface area contributed by atoms with Crippen molar-refractivity contribution in [3.8, 4) is 11.5 Å². The fraction of sp³-hybridized carbons (Fsp3) is 0.0769. The molecule has 2 aromatic carbocycles. The highest BCUT2D eigenvalue weighted by Crippen LogP contribution is 2.31. The Morgan fingerprint density at radius 2 is 1.71 bits per heavy atom. The number of anilines is 3. The summed E-state index contributed by atoms with van der Waals surface area (Å²) in [6.45, 7) is 1.90. The Balaban J connectivity index is 2.33. The van der Waals surface area contributed by atoms with Crippen LogP contribution >= 0.6 is 0 Å². The van der Waals surface area contributed by atoms with Crippen LogP contribution in [0.2, 0.25) is 0 Å². The molecule has 0 aliphatic carbocycles. The second kappa shape index (κ2) is 4.25. The second-order valence-corrected chi connectivity index (χ2v) is 3.92. The van der Waals surface area contributed by atoms with E-state index in [9.17, 15) is 0 Å². The maximum absolute atomic E-state index is 5.86. The van der Waals surface area contributed by atoms with Crippen LogP contribution in [0.4, 0.5) is 17.1 Å². The van der Waals surface area contributed by atoms with Gasteiger partial charge in [-0.25, -0.2) is 0 Å². The molecule has 0 fully saturated rings. The molecule has 0 aromatic heterocycles. The summed E-state index contributed by atoms with van der Waals surface area (Å²) in [6, 6.07) is 10.7. The number of ether oxygens (including phenoxy) is 1. The van der Waals surface area contributed by atoms with Gasteiger partial charge in [0.25, 0.3) is 0 Å². The monoisotopic (exact) mass is 229 g/mol. The molecule has 0 unspecified atom stereocenters. The van der Waals surface area contributed by atoms with E-state index in [1.807, 2.05) is 19.1 Å². The first-order valence-electron chi connectivity index (χ1n) is 5.25. The fourth-order valence-corrected chi connectivity index (χ4v) is 1.52. The molecule has 0 amide bonds. The average Bonchev–Trinajstić information content (AvgIpc) is 2.26. The molecule has 0 aliphatic rings. The zero-order valence-electron chi connectivity index (χ0n) is 9.60. The Morgan fingerprint density at radius 1 is 0.941 bits per heavy atom. The molecule has 0 atom stereocenters. The van der Waals surface area contributed by atoms with Crippen molar-refractivity contribution in [2.24, 2.45) is 0 Å². The largest absolute Gasteiger partial charge is 0.455 e. The summed E-state index contributed by atoms with van der Waals surface area (Å²) in [4.78, 5) is 0. The Bertz CT molecular complexity index is 552. The highest BCUT2D eigenvalue weighted by atomic mass is 16.5. The van der Waals surface area contributed by atoms with E-state index in [0.29, 0.717) is 28.6 Å². The summed E-state index contributed by atoms with van der Waals surface area (Å²) < 4.78 is 5.64. The van der Waals surface area contributed by atoms with E-state index in [1.54, 1.807) is 24.3 Å². The van der Waals surface area contributed by atoms with Crippen LogP contribution in [0.3, 0.4) is 0 Å². The van der Waals surface area contributed by atoms with Gasteiger partial charge in [0.2, 0.25) is 0 Å². The molecule has 6 N–H and O–H groups in total. The minimum atomic E-state index is 0.540. The van der Waals surface area contributed by atoms with E-state index in [2.05, 4.69) is 0 Å². The minimum Gasteiger partial charge on any atom is -0.455 e. The molecule has 0 radical (unpaired) electrons. The van der Waals surface area contributed by atoms with E-state index in [0.717, 1.165) is 5.56 Å². The van der Waals surface area contributed by atoms with Crippen LogP contribution in [0.15, 0.2) is 36.4 Å². The van der Waals surface area contributed by atoms with Gasteiger partial charge >= 0.3 is 0 Å². The molecule has 88 valence electrons. The van der Waals surface area contributed by atoms with Crippen molar-refractivity contribution in [2.75, 3.05) is 17.2 Å². The Morgan fingerprint density at radius 3 is 2.41 bits per heavy atom. The lowest BCUT2D eigenvalue weighted by atomic mass is 10.1. The zero-order chi connectivity index (χ0) is 12.4. The summed E-state index contributed by atoms with van der Waals surface area (Å²) in [5, 5.41) is 0. The number of benzene rings is 2. The zero-order valence-corrected chi connectivity index (χ0v) is 9.60. The average molecular weight is 229 g/mol. The predicted molar refractivity (Wildman–Crippen MR) is 70.9 cm³/mol. The summed E-state index contributed by atoms with van der Waals surface area (Å²) in [7, 11) is 0. The Kier molecular flexibility index (Phi) is 2.78. The molecule has 0 aliphatic heterocycles. The maximum Gasteiger partial charge on any atom is 0.152 e. The first-order chi connectivity index (χ1) is 8.06. The molecule has 0 saturated heterocycles. The van der Waals surface area contributed by atoms with Crippen molar-refractivity contribution in [3.05, 3.63) is 42.0 Å². The topological polar surface area (TPSA) is 87.3 Å². The Labute approximate surface area is 100.0 Å². The second-order valence-electron chi connectivity index (χ2n) is 3.92. The predicted octanol–water partition coefficient (Wildman–Crippen LogP) is 2.53. The smallest absolute Gasteiger partial charge is 0.152 e. The highest BCUT2D eigenvalue weighted by Gasteiger charge is 2.05. The molecule has 0 saturated carbocycles. The number of hydrogen-bond donors (Lipinski definition) is 3. The quantitative estimate of drug-likeness (QED) is 0.690. The minimum absolute atomic E-state index is 0.540. The molecular weight excluding hydrogens is 214 g/mol. The summed E-state index contributed by atoms with van der Waals surface area (Å²) in [6.07, 6.45) is 0. The highest BCUT2D eigenvalue weighted by molar-refractivity contribution is 5.64. The van der Waals surface area contributed by atoms with Crippen molar-refractivity contribution >= 4 is 17.1 Å². The standard InChI is InChI=1S/C13H15N3O/c1-8-5-12(16)13(7-11(8)15)17-10-4-2-3-9(14)6-10/h2-7H,14-16H2,1H3. The Hall–Kier alpha value is -2.36. The van der Waals surface area contributed by atoms with Gasteiger partial charge in [0.15, 0.2) is 5.75 Å².